The van der Waals surface area contributed by atoms with Gasteiger partial charge in [-0.25, -0.2) is 0 Å². The lowest BCUT2D eigenvalue weighted by atomic mass is 9.45. The highest BCUT2D eigenvalue weighted by Gasteiger charge is 2.61. The number of rotatable bonds is 0. The molecule has 0 heterocycles. The minimum atomic E-state index is -0.197. The van der Waals surface area contributed by atoms with Crippen molar-refractivity contribution < 1.29 is 5.11 Å². The molecule has 70 valence electrons. The lowest BCUT2D eigenvalue weighted by Crippen LogP contribution is -2.64. The molecule has 3 aliphatic rings. The summed E-state index contributed by atoms with van der Waals surface area (Å²) >= 11 is 4.61. The van der Waals surface area contributed by atoms with Crippen LogP contribution in [-0.2, 0) is 0 Å². The second-order valence-corrected chi connectivity index (χ2v) is 6.25. The number of fused-ring (bicyclic) bond motifs is 2. The first-order valence-corrected chi connectivity index (χ1v) is 5.22. The lowest BCUT2D eigenvalue weighted by Gasteiger charge is -2.64. The van der Waals surface area contributed by atoms with Crippen LogP contribution >= 0.6 is 12.6 Å². The zero-order chi connectivity index (χ0) is 9.15. The highest BCUT2D eigenvalue weighted by Crippen LogP contribution is 2.64. The Bertz CT molecular complexity index is 210. The molecular weight excluding hydrogens is 168 g/mol. The highest BCUT2D eigenvalue weighted by atomic mass is 32.1. The standard InChI is InChI=1S/C10H18OS/c1-9(2)6-4-7(9)10(3,12)8(11)5-6/h6-8,11-12H,4-5H2,1-3H3/t6-,7-,8+,10+/m1/s1. The third-order valence-electron chi connectivity index (χ3n) is 4.36. The van der Waals surface area contributed by atoms with Crippen LogP contribution in [0.1, 0.15) is 33.6 Å². The fourth-order valence-corrected chi connectivity index (χ4v) is 3.69. The SMILES string of the molecule is CC1(C)[C@@H]2C[C@H]1[C@](C)(S)[C@@H](O)C2. The molecule has 0 aromatic rings. The molecule has 3 rings (SSSR count). The quantitative estimate of drug-likeness (QED) is 0.555. The van der Waals surface area contributed by atoms with E-state index in [-0.39, 0.29) is 10.9 Å². The summed E-state index contributed by atoms with van der Waals surface area (Å²) < 4.78 is -0.155. The molecule has 0 aromatic heterocycles. The van der Waals surface area contributed by atoms with E-state index in [1.807, 2.05) is 0 Å². The molecule has 2 bridgehead atoms. The normalized spacial score (nSPS) is 56.2. The monoisotopic (exact) mass is 186 g/mol. The molecular formula is C10H18OS. The summed E-state index contributed by atoms with van der Waals surface area (Å²) in [6.07, 6.45) is 2.02. The number of aliphatic hydroxyl groups is 1. The molecule has 12 heavy (non-hydrogen) atoms. The largest absolute Gasteiger partial charge is 0.392 e. The predicted molar refractivity (Wildman–Crippen MR) is 53.4 cm³/mol. The van der Waals surface area contributed by atoms with E-state index in [9.17, 15) is 5.11 Å². The fourth-order valence-electron chi connectivity index (χ4n) is 3.15. The van der Waals surface area contributed by atoms with Crippen LogP contribution in [0.3, 0.4) is 0 Å². The van der Waals surface area contributed by atoms with E-state index < -0.39 is 0 Å². The molecule has 0 unspecified atom stereocenters. The molecule has 4 atom stereocenters. The van der Waals surface area contributed by atoms with Crippen molar-refractivity contribution in [1.29, 1.82) is 0 Å². The van der Waals surface area contributed by atoms with Crippen LogP contribution in [0.25, 0.3) is 0 Å². The van der Waals surface area contributed by atoms with E-state index >= 15 is 0 Å². The molecule has 0 aromatic carbocycles. The Morgan fingerprint density at radius 1 is 1.25 bits per heavy atom. The molecule has 0 radical (unpaired) electrons. The van der Waals surface area contributed by atoms with Gasteiger partial charge in [-0.15, -0.1) is 0 Å². The van der Waals surface area contributed by atoms with Crippen LogP contribution in [-0.4, -0.2) is 16.0 Å². The maximum absolute atomic E-state index is 9.79. The van der Waals surface area contributed by atoms with Crippen molar-refractivity contribution in [1.82, 2.24) is 0 Å². The van der Waals surface area contributed by atoms with Gasteiger partial charge in [-0.3, -0.25) is 0 Å². The molecule has 0 amide bonds. The molecule has 0 aliphatic heterocycles. The topological polar surface area (TPSA) is 20.2 Å². The first-order valence-electron chi connectivity index (χ1n) is 4.77. The molecule has 3 aliphatic carbocycles. The second-order valence-electron chi connectivity index (χ2n) is 5.28. The van der Waals surface area contributed by atoms with Crippen LogP contribution in [0, 0.1) is 17.3 Å². The molecule has 3 saturated carbocycles. The minimum absolute atomic E-state index is 0.155. The zero-order valence-electron chi connectivity index (χ0n) is 8.04. The average Bonchev–Trinajstić information content (AvgIpc) is 1.93. The van der Waals surface area contributed by atoms with Crippen molar-refractivity contribution >= 4 is 12.6 Å². The number of aliphatic hydroxyl groups excluding tert-OH is 1. The summed E-state index contributed by atoms with van der Waals surface area (Å²) in [6.45, 7) is 6.71. The van der Waals surface area contributed by atoms with Crippen molar-refractivity contribution in [3.63, 3.8) is 0 Å². The minimum Gasteiger partial charge on any atom is -0.392 e. The Morgan fingerprint density at radius 3 is 2.17 bits per heavy atom. The molecule has 3 fully saturated rings. The molecule has 0 spiro atoms. The van der Waals surface area contributed by atoms with Crippen LogP contribution < -0.4 is 0 Å². The lowest BCUT2D eigenvalue weighted by molar-refractivity contribution is -0.138. The van der Waals surface area contributed by atoms with Gasteiger partial charge in [0.2, 0.25) is 0 Å². The van der Waals surface area contributed by atoms with Crippen molar-refractivity contribution in [2.45, 2.75) is 44.5 Å². The van der Waals surface area contributed by atoms with Gasteiger partial charge in [-0.1, -0.05) is 13.8 Å². The smallest absolute Gasteiger partial charge is 0.0687 e. The van der Waals surface area contributed by atoms with Crippen molar-refractivity contribution in [3.8, 4) is 0 Å². The van der Waals surface area contributed by atoms with Gasteiger partial charge in [0.15, 0.2) is 0 Å². The zero-order valence-corrected chi connectivity index (χ0v) is 8.94. The molecule has 0 saturated heterocycles. The van der Waals surface area contributed by atoms with Crippen LogP contribution in [0.5, 0.6) is 0 Å². The average molecular weight is 186 g/mol. The van der Waals surface area contributed by atoms with Crippen LogP contribution in [0.15, 0.2) is 0 Å². The molecule has 1 nitrogen and oxygen atoms in total. The Hall–Kier alpha value is 0.310. The third-order valence-corrected chi connectivity index (χ3v) is 4.97. The summed E-state index contributed by atoms with van der Waals surface area (Å²) in [7, 11) is 0. The van der Waals surface area contributed by atoms with Gasteiger partial charge >= 0.3 is 0 Å². The van der Waals surface area contributed by atoms with E-state index in [1.165, 1.54) is 6.42 Å². The number of hydrogen-bond donors (Lipinski definition) is 2. The summed E-state index contributed by atoms with van der Waals surface area (Å²) in [4.78, 5) is 0. The number of hydrogen-bond acceptors (Lipinski definition) is 2. The summed E-state index contributed by atoms with van der Waals surface area (Å²) in [6, 6.07) is 0. The maximum atomic E-state index is 9.79. The van der Waals surface area contributed by atoms with Crippen LogP contribution in [0.2, 0.25) is 0 Å². The maximum Gasteiger partial charge on any atom is 0.0687 e. The van der Waals surface area contributed by atoms with Crippen molar-refractivity contribution in [2.75, 3.05) is 0 Å². The summed E-state index contributed by atoms with van der Waals surface area (Å²) in [5.41, 5.74) is 0.412. The third kappa shape index (κ3) is 0.856. The summed E-state index contributed by atoms with van der Waals surface area (Å²) in [5, 5.41) is 9.79. The fraction of sp³-hybridized carbons (Fsp3) is 1.00. The van der Waals surface area contributed by atoms with E-state index in [4.69, 9.17) is 0 Å². The first-order chi connectivity index (χ1) is 5.37. The predicted octanol–water partition coefficient (Wildman–Crippen LogP) is 2.10. The van der Waals surface area contributed by atoms with Gasteiger partial charge in [0.1, 0.15) is 0 Å². The summed E-state index contributed by atoms with van der Waals surface area (Å²) in [5.74, 6) is 1.33. The Morgan fingerprint density at radius 2 is 1.83 bits per heavy atom. The Labute approximate surface area is 80.0 Å². The van der Waals surface area contributed by atoms with Crippen molar-refractivity contribution in [3.05, 3.63) is 0 Å². The van der Waals surface area contributed by atoms with Crippen molar-refractivity contribution in [2.24, 2.45) is 17.3 Å². The van der Waals surface area contributed by atoms with E-state index in [1.54, 1.807) is 0 Å². The Kier molecular flexibility index (Phi) is 1.64. The van der Waals surface area contributed by atoms with Gasteiger partial charge in [0.05, 0.1) is 6.10 Å². The molecule has 1 N–H and O–H groups in total. The first kappa shape index (κ1) is 8.89. The van der Waals surface area contributed by atoms with Gasteiger partial charge in [-0.2, -0.15) is 12.6 Å². The highest BCUT2D eigenvalue weighted by molar-refractivity contribution is 7.81. The number of thiol groups is 1. The van der Waals surface area contributed by atoms with Gasteiger partial charge in [0.25, 0.3) is 0 Å². The second kappa shape index (κ2) is 2.21. The van der Waals surface area contributed by atoms with Gasteiger partial charge < -0.3 is 5.11 Å². The van der Waals surface area contributed by atoms with Gasteiger partial charge in [0, 0.05) is 4.75 Å². The van der Waals surface area contributed by atoms with E-state index in [0.29, 0.717) is 11.3 Å². The van der Waals surface area contributed by atoms with Gasteiger partial charge in [-0.05, 0) is 37.0 Å². The van der Waals surface area contributed by atoms with E-state index in [2.05, 4.69) is 33.4 Å². The Balaban J connectivity index is 2.27. The van der Waals surface area contributed by atoms with E-state index in [0.717, 1.165) is 12.3 Å². The van der Waals surface area contributed by atoms with Crippen LogP contribution in [0.4, 0.5) is 0 Å². The molecule has 2 heteroatoms.